The summed E-state index contributed by atoms with van der Waals surface area (Å²) in [6.07, 6.45) is 0.294. The van der Waals surface area contributed by atoms with Crippen molar-refractivity contribution in [3.63, 3.8) is 0 Å². The summed E-state index contributed by atoms with van der Waals surface area (Å²) in [5.41, 5.74) is -0.721. The van der Waals surface area contributed by atoms with Crippen LogP contribution < -0.4 is 0 Å². The second-order valence-corrected chi connectivity index (χ2v) is 7.97. The molecule has 1 N–H and O–H groups in total. The fraction of sp³-hybridized carbons (Fsp3) is 0.526. The highest BCUT2D eigenvalue weighted by atomic mass is 35.5. The van der Waals surface area contributed by atoms with Gasteiger partial charge in [-0.25, -0.2) is 4.79 Å². The van der Waals surface area contributed by atoms with Crippen LogP contribution in [0.3, 0.4) is 0 Å². The molecule has 1 unspecified atom stereocenters. The van der Waals surface area contributed by atoms with Gasteiger partial charge < -0.3 is 14.7 Å². The van der Waals surface area contributed by atoms with Gasteiger partial charge in [0.05, 0.1) is 6.07 Å². The zero-order valence-corrected chi connectivity index (χ0v) is 15.9. The van der Waals surface area contributed by atoms with Crippen molar-refractivity contribution in [2.24, 2.45) is 5.92 Å². The third kappa shape index (κ3) is 4.28. The SMILES string of the molecule is CC(C)(C)OC(=O)N1CCC(c2ccc(Cl)cc2)(C(C#N)C(=O)O)CC1. The first-order valence-corrected chi connectivity index (χ1v) is 8.83. The molecule has 1 atom stereocenters. The van der Waals surface area contributed by atoms with Gasteiger partial charge in [0, 0.05) is 23.5 Å². The van der Waals surface area contributed by atoms with Gasteiger partial charge in [-0.2, -0.15) is 5.26 Å². The molecule has 0 saturated carbocycles. The van der Waals surface area contributed by atoms with Crippen molar-refractivity contribution in [2.45, 2.75) is 44.6 Å². The number of rotatable bonds is 3. The van der Waals surface area contributed by atoms with Crippen LogP contribution in [0.4, 0.5) is 4.79 Å². The number of nitriles is 1. The number of hydrogen-bond donors (Lipinski definition) is 1. The Labute approximate surface area is 158 Å². The molecule has 1 saturated heterocycles. The lowest BCUT2D eigenvalue weighted by molar-refractivity contribution is -0.142. The number of aliphatic carboxylic acids is 1. The summed E-state index contributed by atoms with van der Waals surface area (Å²) in [5.74, 6) is -2.36. The summed E-state index contributed by atoms with van der Waals surface area (Å²) in [6, 6.07) is 8.84. The van der Waals surface area contributed by atoms with E-state index < -0.39 is 29.0 Å². The van der Waals surface area contributed by atoms with E-state index >= 15 is 0 Å². The molecule has 7 heteroatoms. The Kier molecular flexibility index (Phi) is 5.82. The van der Waals surface area contributed by atoms with Gasteiger partial charge in [0.1, 0.15) is 5.60 Å². The Morgan fingerprint density at radius 3 is 2.23 bits per heavy atom. The summed E-state index contributed by atoms with van der Waals surface area (Å²) in [5, 5.41) is 19.6. The lowest BCUT2D eigenvalue weighted by Crippen LogP contribution is -2.51. The molecule has 2 rings (SSSR count). The molecule has 0 radical (unpaired) electrons. The zero-order valence-electron chi connectivity index (χ0n) is 15.2. The van der Waals surface area contributed by atoms with E-state index in [0.29, 0.717) is 31.0 Å². The van der Waals surface area contributed by atoms with Crippen molar-refractivity contribution in [3.8, 4) is 6.07 Å². The average Bonchev–Trinajstić information content (AvgIpc) is 2.54. The topological polar surface area (TPSA) is 90.6 Å². The molecule has 1 aromatic rings. The van der Waals surface area contributed by atoms with Crippen LogP contribution in [0.15, 0.2) is 24.3 Å². The van der Waals surface area contributed by atoms with Crippen LogP contribution in [-0.2, 0) is 14.9 Å². The average molecular weight is 379 g/mol. The Morgan fingerprint density at radius 2 is 1.81 bits per heavy atom. The molecule has 1 heterocycles. The van der Waals surface area contributed by atoms with Gasteiger partial charge in [-0.3, -0.25) is 4.79 Å². The maximum atomic E-state index is 12.3. The molecule has 6 nitrogen and oxygen atoms in total. The number of carbonyl (C=O) groups excluding carboxylic acids is 1. The molecule has 1 aliphatic rings. The summed E-state index contributed by atoms with van der Waals surface area (Å²) in [7, 11) is 0. The van der Waals surface area contributed by atoms with E-state index in [1.807, 2.05) is 6.07 Å². The van der Waals surface area contributed by atoms with Gasteiger partial charge in [-0.05, 0) is 51.3 Å². The van der Waals surface area contributed by atoms with Gasteiger partial charge in [0.25, 0.3) is 0 Å². The molecule has 0 aromatic heterocycles. The number of carboxylic acid groups (broad SMARTS) is 1. The molecule has 0 spiro atoms. The number of ether oxygens (including phenoxy) is 1. The number of piperidine rings is 1. The summed E-state index contributed by atoms with van der Waals surface area (Å²) >= 11 is 5.95. The van der Waals surface area contributed by atoms with E-state index in [2.05, 4.69) is 0 Å². The van der Waals surface area contributed by atoms with E-state index in [4.69, 9.17) is 16.3 Å². The summed E-state index contributed by atoms with van der Waals surface area (Å²) < 4.78 is 5.39. The molecule has 1 aliphatic heterocycles. The minimum absolute atomic E-state index is 0.322. The highest BCUT2D eigenvalue weighted by molar-refractivity contribution is 6.30. The van der Waals surface area contributed by atoms with Crippen LogP contribution in [0.2, 0.25) is 5.02 Å². The van der Waals surface area contributed by atoms with Crippen molar-refractivity contribution >= 4 is 23.7 Å². The van der Waals surface area contributed by atoms with Crippen LogP contribution in [0, 0.1) is 17.2 Å². The number of halogens is 1. The minimum atomic E-state index is -1.20. The number of carbonyl (C=O) groups is 2. The van der Waals surface area contributed by atoms with Gasteiger partial charge in [0.2, 0.25) is 0 Å². The van der Waals surface area contributed by atoms with Gasteiger partial charge in [-0.1, -0.05) is 23.7 Å². The number of benzene rings is 1. The maximum Gasteiger partial charge on any atom is 0.410 e. The first-order valence-electron chi connectivity index (χ1n) is 8.45. The van der Waals surface area contributed by atoms with Crippen LogP contribution in [0.5, 0.6) is 0 Å². The molecule has 26 heavy (non-hydrogen) atoms. The highest BCUT2D eigenvalue weighted by Gasteiger charge is 2.48. The Bertz CT molecular complexity index is 711. The highest BCUT2D eigenvalue weighted by Crippen LogP contribution is 2.42. The quantitative estimate of drug-likeness (QED) is 0.862. The van der Waals surface area contributed by atoms with Gasteiger partial charge >= 0.3 is 12.1 Å². The third-order valence-corrected chi connectivity index (χ3v) is 4.91. The van der Waals surface area contributed by atoms with Crippen molar-refractivity contribution in [2.75, 3.05) is 13.1 Å². The molecule has 1 amide bonds. The van der Waals surface area contributed by atoms with E-state index in [0.717, 1.165) is 5.56 Å². The molecular weight excluding hydrogens is 356 g/mol. The second-order valence-electron chi connectivity index (χ2n) is 7.53. The third-order valence-electron chi connectivity index (χ3n) is 4.66. The predicted molar refractivity (Wildman–Crippen MR) is 96.9 cm³/mol. The largest absolute Gasteiger partial charge is 0.480 e. The fourth-order valence-corrected chi connectivity index (χ4v) is 3.48. The molecule has 0 bridgehead atoms. The number of amides is 1. The van der Waals surface area contributed by atoms with Crippen molar-refractivity contribution in [3.05, 3.63) is 34.9 Å². The Morgan fingerprint density at radius 1 is 1.27 bits per heavy atom. The molecule has 0 aliphatic carbocycles. The van der Waals surface area contributed by atoms with E-state index in [9.17, 15) is 20.0 Å². The van der Waals surface area contributed by atoms with Crippen LogP contribution in [0.25, 0.3) is 0 Å². The van der Waals surface area contributed by atoms with Crippen LogP contribution in [0.1, 0.15) is 39.2 Å². The molecule has 1 aromatic carbocycles. The lowest BCUT2D eigenvalue weighted by atomic mass is 9.65. The smallest absolute Gasteiger partial charge is 0.410 e. The maximum absolute atomic E-state index is 12.3. The first-order chi connectivity index (χ1) is 12.1. The molecular formula is C19H23ClN2O4. The lowest BCUT2D eigenvalue weighted by Gasteiger charge is -2.43. The number of hydrogen-bond acceptors (Lipinski definition) is 4. The Hall–Kier alpha value is -2.26. The van der Waals surface area contributed by atoms with E-state index in [-0.39, 0.29) is 0 Å². The van der Waals surface area contributed by atoms with Gasteiger partial charge in [0.15, 0.2) is 5.92 Å². The molecule has 140 valence electrons. The number of carboxylic acids is 1. The Balaban J connectivity index is 2.29. The number of likely N-dealkylation sites (tertiary alicyclic amines) is 1. The number of nitrogens with zero attached hydrogens (tertiary/aromatic N) is 2. The van der Waals surface area contributed by atoms with Gasteiger partial charge in [-0.15, -0.1) is 0 Å². The van der Waals surface area contributed by atoms with Crippen LogP contribution in [-0.4, -0.2) is 40.8 Å². The summed E-state index contributed by atoms with van der Waals surface area (Å²) in [6.45, 7) is 6.03. The monoisotopic (exact) mass is 378 g/mol. The first kappa shape index (κ1) is 20.1. The van der Waals surface area contributed by atoms with Crippen molar-refractivity contribution < 1.29 is 19.4 Å². The zero-order chi connectivity index (χ0) is 19.5. The van der Waals surface area contributed by atoms with E-state index in [1.165, 1.54) is 0 Å². The standard InChI is InChI=1S/C19H23ClN2O4/c1-18(2,3)26-17(25)22-10-8-19(9-11-22,15(12-21)16(23)24)13-4-6-14(20)7-5-13/h4-7,15H,8-11H2,1-3H3,(H,23,24). The molecule has 1 fully saturated rings. The van der Waals surface area contributed by atoms with Crippen molar-refractivity contribution in [1.29, 1.82) is 5.26 Å². The van der Waals surface area contributed by atoms with Crippen molar-refractivity contribution in [1.82, 2.24) is 4.90 Å². The normalized spacial score (nSPS) is 17.9. The minimum Gasteiger partial charge on any atom is -0.480 e. The summed E-state index contributed by atoms with van der Waals surface area (Å²) in [4.78, 5) is 25.6. The van der Waals surface area contributed by atoms with Crippen LogP contribution >= 0.6 is 11.6 Å². The van der Waals surface area contributed by atoms with E-state index in [1.54, 1.807) is 49.9 Å². The predicted octanol–water partition coefficient (Wildman–Crippen LogP) is 3.83. The fourth-order valence-electron chi connectivity index (χ4n) is 3.36. The second kappa shape index (κ2) is 7.55.